The summed E-state index contributed by atoms with van der Waals surface area (Å²) in [6, 6.07) is 0. The summed E-state index contributed by atoms with van der Waals surface area (Å²) in [4.78, 5) is 3.90. The SMILES string of the molecule is FC(F)(P)CCc1cscn1. The first-order valence-corrected chi connectivity index (χ1v) is 4.64. The first-order chi connectivity index (χ1) is 5.08. The monoisotopic (exact) mass is 195 g/mol. The van der Waals surface area contributed by atoms with E-state index >= 15 is 0 Å². The number of rotatable bonds is 3. The third kappa shape index (κ3) is 3.73. The zero-order valence-corrected chi connectivity index (χ0v) is 7.73. The van der Waals surface area contributed by atoms with Crippen LogP contribution in [-0.4, -0.2) is 10.6 Å². The number of thiazole rings is 1. The molecular weight excluding hydrogens is 187 g/mol. The van der Waals surface area contributed by atoms with Gasteiger partial charge in [-0.05, 0) is 6.42 Å². The number of aromatic nitrogens is 1. The highest BCUT2D eigenvalue weighted by Gasteiger charge is 2.20. The van der Waals surface area contributed by atoms with E-state index in [0.717, 1.165) is 5.69 Å². The van der Waals surface area contributed by atoms with Crippen LogP contribution in [0, 0.1) is 0 Å². The molecule has 1 unspecified atom stereocenters. The summed E-state index contributed by atoms with van der Waals surface area (Å²) in [7, 11) is 1.52. The minimum absolute atomic E-state index is 0.151. The zero-order valence-electron chi connectivity index (χ0n) is 5.76. The van der Waals surface area contributed by atoms with E-state index in [1.165, 1.54) is 20.6 Å². The van der Waals surface area contributed by atoms with Gasteiger partial charge in [0.05, 0.1) is 11.2 Å². The number of halogens is 2. The maximum atomic E-state index is 12.3. The van der Waals surface area contributed by atoms with Gasteiger partial charge in [-0.2, -0.15) is 0 Å². The van der Waals surface area contributed by atoms with Crippen LogP contribution < -0.4 is 0 Å². The van der Waals surface area contributed by atoms with Gasteiger partial charge in [0.15, 0.2) is 0 Å². The molecule has 11 heavy (non-hydrogen) atoms. The van der Waals surface area contributed by atoms with Crippen LogP contribution in [0.3, 0.4) is 0 Å². The summed E-state index contributed by atoms with van der Waals surface area (Å²) in [6.45, 7) is 0. The Morgan fingerprint density at radius 2 is 2.36 bits per heavy atom. The van der Waals surface area contributed by atoms with Gasteiger partial charge in [0, 0.05) is 11.8 Å². The van der Waals surface area contributed by atoms with Crippen molar-refractivity contribution in [3.8, 4) is 0 Å². The average Bonchev–Trinajstić information content (AvgIpc) is 2.32. The number of alkyl halides is 2. The molecule has 1 rings (SSSR count). The van der Waals surface area contributed by atoms with Crippen LogP contribution >= 0.6 is 20.6 Å². The van der Waals surface area contributed by atoms with E-state index in [9.17, 15) is 8.78 Å². The number of hydrogen-bond donors (Lipinski definition) is 0. The third-order valence-electron chi connectivity index (χ3n) is 1.20. The first kappa shape index (κ1) is 9.01. The van der Waals surface area contributed by atoms with Gasteiger partial charge < -0.3 is 0 Å². The van der Waals surface area contributed by atoms with Crippen molar-refractivity contribution in [2.75, 3.05) is 0 Å². The highest BCUT2D eigenvalue weighted by molar-refractivity contribution is 7.18. The van der Waals surface area contributed by atoms with Gasteiger partial charge in [0.1, 0.15) is 0 Å². The molecule has 5 heteroatoms. The summed E-state index contributed by atoms with van der Waals surface area (Å²) in [5.41, 5.74) is -0.253. The Bertz CT molecular complexity index is 207. The van der Waals surface area contributed by atoms with Gasteiger partial charge in [0.25, 0.3) is 5.66 Å². The van der Waals surface area contributed by atoms with Crippen LogP contribution in [0.15, 0.2) is 10.9 Å². The molecule has 0 radical (unpaired) electrons. The van der Waals surface area contributed by atoms with E-state index in [0.29, 0.717) is 6.42 Å². The van der Waals surface area contributed by atoms with E-state index in [-0.39, 0.29) is 6.42 Å². The Labute approximate surface area is 70.0 Å². The molecule has 0 amide bonds. The number of aryl methyl sites for hydroxylation is 1. The van der Waals surface area contributed by atoms with Crippen molar-refractivity contribution in [3.05, 3.63) is 16.6 Å². The van der Waals surface area contributed by atoms with E-state index in [1.54, 1.807) is 10.9 Å². The van der Waals surface area contributed by atoms with Crippen LogP contribution in [-0.2, 0) is 6.42 Å². The van der Waals surface area contributed by atoms with Gasteiger partial charge in [-0.3, -0.25) is 0 Å². The predicted octanol–water partition coefficient (Wildman–Crippen LogP) is 2.54. The van der Waals surface area contributed by atoms with Gasteiger partial charge >= 0.3 is 0 Å². The lowest BCUT2D eigenvalue weighted by molar-refractivity contribution is 0.0945. The molecule has 0 saturated heterocycles. The molecule has 0 bridgehead atoms. The van der Waals surface area contributed by atoms with Crippen LogP contribution in [0.25, 0.3) is 0 Å². The Hall–Kier alpha value is -0.0800. The standard InChI is InChI=1S/C6H8F2NPS/c7-6(8,10)2-1-5-3-11-4-9-5/h3-4H,1-2,10H2. The van der Waals surface area contributed by atoms with Crippen LogP contribution in [0.4, 0.5) is 8.78 Å². The molecule has 1 aromatic rings. The number of hydrogen-bond acceptors (Lipinski definition) is 2. The predicted molar refractivity (Wildman–Crippen MR) is 45.1 cm³/mol. The van der Waals surface area contributed by atoms with E-state index in [1.807, 2.05) is 0 Å². The molecule has 0 aliphatic rings. The maximum Gasteiger partial charge on any atom is 0.259 e. The molecule has 0 aliphatic carbocycles. The fourth-order valence-corrected chi connectivity index (χ4v) is 1.39. The van der Waals surface area contributed by atoms with Crippen molar-refractivity contribution in [1.29, 1.82) is 0 Å². The molecule has 0 saturated carbocycles. The van der Waals surface area contributed by atoms with Crippen LogP contribution in [0.1, 0.15) is 12.1 Å². The fraction of sp³-hybridized carbons (Fsp3) is 0.500. The second-order valence-corrected chi connectivity index (χ2v) is 3.80. The highest BCUT2D eigenvalue weighted by atomic mass is 32.1. The minimum atomic E-state index is -2.65. The van der Waals surface area contributed by atoms with Crippen molar-refractivity contribution < 1.29 is 8.78 Å². The zero-order chi connectivity index (χ0) is 8.32. The molecule has 1 atom stereocenters. The van der Waals surface area contributed by atoms with Crippen molar-refractivity contribution in [1.82, 2.24) is 4.98 Å². The fourth-order valence-electron chi connectivity index (χ4n) is 0.656. The number of nitrogens with zero attached hydrogens (tertiary/aromatic N) is 1. The van der Waals surface area contributed by atoms with Crippen molar-refractivity contribution in [3.63, 3.8) is 0 Å². The topological polar surface area (TPSA) is 12.9 Å². The lowest BCUT2D eigenvalue weighted by Crippen LogP contribution is -2.05. The van der Waals surface area contributed by atoms with E-state index in [4.69, 9.17) is 0 Å². The molecule has 62 valence electrons. The summed E-state index contributed by atoms with van der Waals surface area (Å²) >= 11 is 1.43. The van der Waals surface area contributed by atoms with Crippen molar-refractivity contribution in [2.24, 2.45) is 0 Å². The third-order valence-corrected chi connectivity index (χ3v) is 2.12. The normalized spacial score (nSPS) is 11.9. The van der Waals surface area contributed by atoms with E-state index < -0.39 is 5.66 Å². The average molecular weight is 195 g/mol. The van der Waals surface area contributed by atoms with Gasteiger partial charge in [-0.1, -0.05) is 9.24 Å². The van der Waals surface area contributed by atoms with E-state index in [2.05, 4.69) is 4.98 Å². The minimum Gasteiger partial charge on any atom is -0.250 e. The van der Waals surface area contributed by atoms with Crippen molar-refractivity contribution in [2.45, 2.75) is 18.5 Å². The van der Waals surface area contributed by atoms with Crippen LogP contribution in [0.2, 0.25) is 0 Å². The largest absolute Gasteiger partial charge is 0.259 e. The second kappa shape index (κ2) is 3.55. The van der Waals surface area contributed by atoms with Gasteiger partial charge in [-0.25, -0.2) is 13.8 Å². The van der Waals surface area contributed by atoms with Gasteiger partial charge in [-0.15, -0.1) is 11.3 Å². The molecule has 0 aliphatic heterocycles. The summed E-state index contributed by atoms with van der Waals surface area (Å²) < 4.78 is 24.5. The second-order valence-electron chi connectivity index (χ2n) is 2.24. The summed E-state index contributed by atoms with van der Waals surface area (Å²) in [6.07, 6.45) is 0.196. The molecule has 0 aromatic carbocycles. The lowest BCUT2D eigenvalue weighted by Gasteiger charge is -2.07. The van der Waals surface area contributed by atoms with Gasteiger partial charge in [0.2, 0.25) is 0 Å². The Morgan fingerprint density at radius 1 is 1.64 bits per heavy atom. The molecule has 1 nitrogen and oxygen atoms in total. The Kier molecular flexibility index (Phi) is 2.90. The molecule has 1 heterocycles. The molecule has 0 spiro atoms. The Morgan fingerprint density at radius 3 is 2.82 bits per heavy atom. The maximum absolute atomic E-state index is 12.3. The smallest absolute Gasteiger partial charge is 0.250 e. The first-order valence-electron chi connectivity index (χ1n) is 3.12. The molecule has 0 fully saturated rings. The Balaban J connectivity index is 2.35. The highest BCUT2D eigenvalue weighted by Crippen LogP contribution is 2.27. The lowest BCUT2D eigenvalue weighted by atomic mass is 10.2. The van der Waals surface area contributed by atoms with Crippen molar-refractivity contribution >= 4 is 20.6 Å². The molecule has 0 N–H and O–H groups in total. The quantitative estimate of drug-likeness (QED) is 0.675. The molecular formula is C6H8F2NPS. The summed E-state index contributed by atoms with van der Waals surface area (Å²) in [5.74, 6) is 0. The summed E-state index contributed by atoms with van der Waals surface area (Å²) in [5, 5.41) is 1.79. The van der Waals surface area contributed by atoms with Crippen LogP contribution in [0.5, 0.6) is 0 Å². The molecule has 1 aromatic heterocycles.